The molecule has 0 aliphatic rings. The normalized spacial score (nSPS) is 12.4. The summed E-state index contributed by atoms with van der Waals surface area (Å²) in [5, 5.41) is 2.75. The Morgan fingerprint density at radius 2 is 2.30 bits per heavy atom. The van der Waals surface area contributed by atoms with Gasteiger partial charge in [-0.3, -0.25) is 0 Å². The van der Waals surface area contributed by atoms with Crippen LogP contribution in [0.3, 0.4) is 0 Å². The van der Waals surface area contributed by atoms with Crippen molar-refractivity contribution in [1.29, 1.82) is 0 Å². The highest BCUT2D eigenvalue weighted by atomic mass is 16.3. The van der Waals surface area contributed by atoms with Crippen molar-refractivity contribution >= 4 is 0 Å². The topological polar surface area (TPSA) is 29.4 Å². The molecule has 0 aliphatic heterocycles. The van der Waals surface area contributed by atoms with Crippen LogP contribution in [0.4, 0.5) is 0 Å². The first kappa shape index (κ1) is 9.08. The van der Waals surface area contributed by atoms with E-state index in [1.165, 1.54) is 5.57 Å². The van der Waals surface area contributed by atoms with Crippen molar-refractivity contribution in [2.24, 2.45) is 5.18 Å². The summed E-state index contributed by atoms with van der Waals surface area (Å²) in [5.41, 5.74) is 1.19. The Bertz CT molecular complexity index is 147. The highest BCUT2D eigenvalue weighted by molar-refractivity contribution is 5.14. The van der Waals surface area contributed by atoms with Crippen molar-refractivity contribution in [3.8, 4) is 0 Å². The predicted octanol–water partition coefficient (Wildman–Crippen LogP) is 2.67. The van der Waals surface area contributed by atoms with E-state index in [-0.39, 0.29) is 0 Å². The van der Waals surface area contributed by atoms with E-state index in [4.69, 9.17) is 0 Å². The molecular weight excluding hydrogens is 126 g/mol. The monoisotopic (exact) mass is 139 g/mol. The third kappa shape index (κ3) is 5.22. The minimum atomic E-state index is 0.384. The van der Waals surface area contributed by atoms with Gasteiger partial charge in [0.25, 0.3) is 0 Å². The molecule has 10 heavy (non-hydrogen) atoms. The third-order valence-electron chi connectivity index (χ3n) is 1.12. The van der Waals surface area contributed by atoms with Gasteiger partial charge in [0.1, 0.15) is 0 Å². The molecule has 0 unspecified atom stereocenters. The molecular formula is C8H13NO. The van der Waals surface area contributed by atoms with Gasteiger partial charge in [0.05, 0.1) is 6.54 Å². The second-order valence-electron chi connectivity index (χ2n) is 2.09. The molecule has 0 aliphatic carbocycles. The van der Waals surface area contributed by atoms with Crippen LogP contribution in [0, 0.1) is 4.91 Å². The molecule has 0 aromatic rings. The summed E-state index contributed by atoms with van der Waals surface area (Å²) in [6.07, 6.45) is 6.73. The van der Waals surface area contributed by atoms with Crippen LogP contribution in [0.2, 0.25) is 0 Å². The molecule has 0 atom stereocenters. The molecule has 0 amide bonds. The number of nitrogens with zero attached hydrogens (tertiary/aromatic N) is 1. The molecule has 0 aromatic heterocycles. The Morgan fingerprint density at radius 3 is 2.80 bits per heavy atom. The van der Waals surface area contributed by atoms with E-state index in [1.54, 1.807) is 0 Å². The third-order valence-corrected chi connectivity index (χ3v) is 1.12. The molecule has 0 fully saturated rings. The van der Waals surface area contributed by atoms with Gasteiger partial charge in [0.2, 0.25) is 0 Å². The average Bonchev–Trinajstić information content (AvgIpc) is 1.89. The molecule has 0 spiro atoms. The summed E-state index contributed by atoms with van der Waals surface area (Å²) in [7, 11) is 0. The standard InChI is InChI=1S/C8H13NO/c1-3-5-8(2)6-4-7-9-10/h3,5-6H,4,7H2,1-2H3/b5-3-,8-6-. The lowest BCUT2D eigenvalue weighted by Gasteiger charge is -1.87. The summed E-state index contributed by atoms with van der Waals surface area (Å²) < 4.78 is 0. The van der Waals surface area contributed by atoms with E-state index in [1.807, 2.05) is 32.1 Å². The van der Waals surface area contributed by atoms with E-state index in [2.05, 4.69) is 5.18 Å². The minimum Gasteiger partial charge on any atom is -0.151 e. The van der Waals surface area contributed by atoms with E-state index < -0.39 is 0 Å². The molecule has 0 aromatic carbocycles. The fourth-order valence-electron chi connectivity index (χ4n) is 0.676. The maximum atomic E-state index is 9.65. The smallest absolute Gasteiger partial charge is 0.0845 e. The fraction of sp³-hybridized carbons (Fsp3) is 0.500. The summed E-state index contributed by atoms with van der Waals surface area (Å²) in [6.45, 7) is 4.36. The van der Waals surface area contributed by atoms with E-state index in [0.717, 1.165) is 6.42 Å². The van der Waals surface area contributed by atoms with Crippen LogP contribution in [-0.4, -0.2) is 6.54 Å². The Morgan fingerprint density at radius 1 is 1.60 bits per heavy atom. The van der Waals surface area contributed by atoms with E-state index in [9.17, 15) is 4.91 Å². The Kier molecular flexibility index (Phi) is 5.63. The minimum absolute atomic E-state index is 0.384. The van der Waals surface area contributed by atoms with Crippen LogP contribution in [0.1, 0.15) is 20.3 Å². The van der Waals surface area contributed by atoms with Crippen molar-refractivity contribution in [3.63, 3.8) is 0 Å². The molecule has 0 heterocycles. The summed E-state index contributed by atoms with van der Waals surface area (Å²) in [6, 6.07) is 0. The maximum absolute atomic E-state index is 9.65. The highest BCUT2D eigenvalue weighted by Crippen LogP contribution is 1.96. The number of hydrogen-bond donors (Lipinski definition) is 0. The van der Waals surface area contributed by atoms with Gasteiger partial charge in [0, 0.05) is 0 Å². The molecule has 0 N–H and O–H groups in total. The summed E-state index contributed by atoms with van der Waals surface area (Å²) in [5.74, 6) is 0. The maximum Gasteiger partial charge on any atom is 0.0845 e. The first-order valence-electron chi connectivity index (χ1n) is 3.40. The lowest BCUT2D eigenvalue weighted by atomic mass is 10.2. The SMILES string of the molecule is C/C=C\C(C)=C/CCN=O. The van der Waals surface area contributed by atoms with Crippen LogP contribution in [0.5, 0.6) is 0 Å². The number of nitroso groups, excluding NO2 is 1. The van der Waals surface area contributed by atoms with Crippen molar-refractivity contribution in [1.82, 2.24) is 0 Å². The van der Waals surface area contributed by atoms with Gasteiger partial charge < -0.3 is 0 Å². The van der Waals surface area contributed by atoms with Crippen LogP contribution in [-0.2, 0) is 0 Å². The van der Waals surface area contributed by atoms with E-state index >= 15 is 0 Å². The van der Waals surface area contributed by atoms with Crippen LogP contribution in [0.25, 0.3) is 0 Å². The first-order chi connectivity index (χ1) is 4.81. The quantitative estimate of drug-likeness (QED) is 0.334. The molecule has 0 rings (SSSR count). The molecule has 2 nitrogen and oxygen atoms in total. The zero-order valence-corrected chi connectivity index (χ0v) is 6.50. The molecule has 2 heteroatoms. The van der Waals surface area contributed by atoms with Crippen molar-refractivity contribution in [2.75, 3.05) is 6.54 Å². The van der Waals surface area contributed by atoms with Crippen LogP contribution in [0.15, 0.2) is 29.0 Å². The zero-order valence-electron chi connectivity index (χ0n) is 6.50. The van der Waals surface area contributed by atoms with Gasteiger partial charge >= 0.3 is 0 Å². The summed E-state index contributed by atoms with van der Waals surface area (Å²) in [4.78, 5) is 9.65. The number of hydrogen-bond acceptors (Lipinski definition) is 2. The lowest BCUT2D eigenvalue weighted by molar-refractivity contribution is 0.990. The first-order valence-corrected chi connectivity index (χ1v) is 3.40. The molecule has 0 radical (unpaired) electrons. The summed E-state index contributed by atoms with van der Waals surface area (Å²) >= 11 is 0. The number of allylic oxidation sites excluding steroid dienone is 3. The van der Waals surface area contributed by atoms with Gasteiger partial charge in [-0.15, -0.1) is 0 Å². The molecule has 0 saturated heterocycles. The average molecular weight is 139 g/mol. The van der Waals surface area contributed by atoms with Crippen LogP contribution >= 0.6 is 0 Å². The Labute approximate surface area is 61.6 Å². The Balaban J connectivity index is 3.57. The van der Waals surface area contributed by atoms with Gasteiger partial charge in [-0.25, -0.2) is 0 Å². The predicted molar refractivity (Wildman–Crippen MR) is 43.9 cm³/mol. The second kappa shape index (κ2) is 6.20. The van der Waals surface area contributed by atoms with Crippen molar-refractivity contribution < 1.29 is 0 Å². The van der Waals surface area contributed by atoms with Gasteiger partial charge in [0.15, 0.2) is 0 Å². The zero-order chi connectivity index (χ0) is 7.82. The fourth-order valence-corrected chi connectivity index (χ4v) is 0.676. The highest BCUT2D eigenvalue weighted by Gasteiger charge is 1.81. The number of rotatable bonds is 4. The van der Waals surface area contributed by atoms with Crippen molar-refractivity contribution in [2.45, 2.75) is 20.3 Å². The molecule has 0 saturated carbocycles. The van der Waals surface area contributed by atoms with E-state index in [0.29, 0.717) is 6.54 Å². The second-order valence-corrected chi connectivity index (χ2v) is 2.09. The van der Waals surface area contributed by atoms with Crippen molar-refractivity contribution in [3.05, 3.63) is 28.7 Å². The van der Waals surface area contributed by atoms with Gasteiger partial charge in [-0.1, -0.05) is 29.0 Å². The van der Waals surface area contributed by atoms with Gasteiger partial charge in [-0.05, 0) is 20.3 Å². The molecule has 0 bridgehead atoms. The molecule has 56 valence electrons. The largest absolute Gasteiger partial charge is 0.151 e. The lowest BCUT2D eigenvalue weighted by Crippen LogP contribution is -1.75. The van der Waals surface area contributed by atoms with Gasteiger partial charge in [-0.2, -0.15) is 4.91 Å². The Hall–Kier alpha value is -0.920. The van der Waals surface area contributed by atoms with Crippen LogP contribution < -0.4 is 0 Å².